The van der Waals surface area contributed by atoms with E-state index in [2.05, 4.69) is 35.8 Å². The first-order valence-corrected chi connectivity index (χ1v) is 10.3. The Morgan fingerprint density at radius 2 is 2.30 bits per heavy atom. The lowest BCUT2D eigenvalue weighted by atomic mass is 10.1. The monoisotopic (exact) mass is 428 g/mol. The molecule has 3 heterocycles. The molecule has 0 bridgehead atoms. The summed E-state index contributed by atoms with van der Waals surface area (Å²) in [7, 11) is 3.69. The highest BCUT2D eigenvalue weighted by molar-refractivity contribution is 6.30. The smallest absolute Gasteiger partial charge is 0.246 e. The van der Waals surface area contributed by atoms with E-state index in [1.807, 2.05) is 42.3 Å². The average molecular weight is 429 g/mol. The van der Waals surface area contributed by atoms with E-state index in [9.17, 15) is 0 Å². The fraction of sp³-hybridized carbons (Fsp3) is 0.400. The summed E-state index contributed by atoms with van der Waals surface area (Å²) in [5.74, 6) is 1.70. The van der Waals surface area contributed by atoms with Gasteiger partial charge < -0.3 is 20.1 Å². The molecule has 1 saturated heterocycles. The molecule has 1 fully saturated rings. The second-order valence-corrected chi connectivity index (χ2v) is 7.69. The number of benzene rings is 1. The molecule has 3 aromatic rings. The van der Waals surface area contributed by atoms with Crippen molar-refractivity contribution in [1.29, 1.82) is 0 Å². The highest BCUT2D eigenvalue weighted by atomic mass is 35.5. The van der Waals surface area contributed by atoms with Crippen LogP contribution in [-0.2, 0) is 13.6 Å². The number of hydrogen-bond donors (Lipinski definition) is 2. The van der Waals surface area contributed by atoms with E-state index in [1.54, 1.807) is 13.1 Å². The predicted molar refractivity (Wildman–Crippen MR) is 117 cm³/mol. The zero-order valence-corrected chi connectivity index (χ0v) is 17.8. The van der Waals surface area contributed by atoms with Crippen molar-refractivity contribution in [3.05, 3.63) is 47.6 Å². The molecule has 1 aliphatic rings. The summed E-state index contributed by atoms with van der Waals surface area (Å²) < 4.78 is 7.18. The summed E-state index contributed by atoms with van der Waals surface area (Å²) in [5.41, 5.74) is 1.96. The lowest BCUT2D eigenvalue weighted by Gasteiger charge is -2.34. The lowest BCUT2D eigenvalue weighted by molar-refractivity contribution is 0.374. The highest BCUT2D eigenvalue weighted by Gasteiger charge is 2.22. The number of rotatable bonds is 5. The van der Waals surface area contributed by atoms with Crippen LogP contribution >= 0.6 is 11.6 Å². The molecule has 1 aromatic carbocycles. The first-order chi connectivity index (χ1) is 14.6. The van der Waals surface area contributed by atoms with Gasteiger partial charge in [0.05, 0.1) is 18.4 Å². The van der Waals surface area contributed by atoms with Gasteiger partial charge in [-0.15, -0.1) is 0 Å². The molecule has 0 amide bonds. The first-order valence-electron chi connectivity index (χ1n) is 9.90. The Kier molecular flexibility index (Phi) is 6.18. The number of aromatic nitrogens is 4. The summed E-state index contributed by atoms with van der Waals surface area (Å²) in [6.45, 7) is 2.31. The van der Waals surface area contributed by atoms with Crippen molar-refractivity contribution in [3.63, 3.8) is 0 Å². The number of guanidine groups is 1. The third-order valence-electron chi connectivity index (χ3n) is 5.00. The van der Waals surface area contributed by atoms with E-state index in [0.717, 1.165) is 37.2 Å². The van der Waals surface area contributed by atoms with Gasteiger partial charge in [0.2, 0.25) is 11.7 Å². The molecule has 0 radical (unpaired) electrons. The SMILES string of the molecule is CN=C(NCc1nc(-c2cccc(Cl)c2)no1)NC1CCCN(c2cnn(C)c2)C1. The minimum absolute atomic E-state index is 0.287. The molecule has 1 aliphatic heterocycles. The largest absolute Gasteiger partial charge is 0.367 e. The summed E-state index contributed by atoms with van der Waals surface area (Å²) in [6, 6.07) is 7.66. The minimum Gasteiger partial charge on any atom is -0.367 e. The Balaban J connectivity index is 1.32. The Labute approximate surface area is 180 Å². The van der Waals surface area contributed by atoms with E-state index in [0.29, 0.717) is 29.2 Å². The van der Waals surface area contributed by atoms with Gasteiger partial charge in [0.15, 0.2) is 5.96 Å². The highest BCUT2D eigenvalue weighted by Crippen LogP contribution is 2.20. The van der Waals surface area contributed by atoms with E-state index < -0.39 is 0 Å². The molecule has 2 aromatic heterocycles. The zero-order chi connectivity index (χ0) is 20.9. The summed E-state index contributed by atoms with van der Waals surface area (Å²) in [4.78, 5) is 11.1. The van der Waals surface area contributed by atoms with Crippen molar-refractivity contribution < 1.29 is 4.52 Å². The molecular formula is C20H25ClN8O. The van der Waals surface area contributed by atoms with Gasteiger partial charge in [-0.1, -0.05) is 28.9 Å². The maximum Gasteiger partial charge on any atom is 0.246 e. The van der Waals surface area contributed by atoms with Crippen LogP contribution in [-0.4, -0.2) is 52.1 Å². The second kappa shape index (κ2) is 9.17. The van der Waals surface area contributed by atoms with Crippen molar-refractivity contribution in [3.8, 4) is 11.4 Å². The number of anilines is 1. The molecule has 1 unspecified atom stereocenters. The van der Waals surface area contributed by atoms with Crippen molar-refractivity contribution >= 4 is 23.2 Å². The van der Waals surface area contributed by atoms with Crippen LogP contribution < -0.4 is 15.5 Å². The van der Waals surface area contributed by atoms with Gasteiger partial charge in [-0.25, -0.2) is 0 Å². The maximum absolute atomic E-state index is 6.04. The molecule has 0 saturated carbocycles. The van der Waals surface area contributed by atoms with Gasteiger partial charge in [0.1, 0.15) is 0 Å². The number of aliphatic imine (C=N–C) groups is 1. The van der Waals surface area contributed by atoms with E-state index in [4.69, 9.17) is 16.1 Å². The van der Waals surface area contributed by atoms with Crippen molar-refractivity contribution in [1.82, 2.24) is 30.6 Å². The molecule has 0 aliphatic carbocycles. The predicted octanol–water partition coefficient (Wildman–Crippen LogP) is 2.46. The molecule has 0 spiro atoms. The number of aryl methyl sites for hydroxylation is 1. The number of nitrogens with zero attached hydrogens (tertiary/aromatic N) is 6. The zero-order valence-electron chi connectivity index (χ0n) is 17.0. The molecule has 2 N–H and O–H groups in total. The van der Waals surface area contributed by atoms with Crippen molar-refractivity contribution in [2.24, 2.45) is 12.0 Å². The lowest BCUT2D eigenvalue weighted by Crippen LogP contribution is -2.51. The van der Waals surface area contributed by atoms with Crippen molar-refractivity contribution in [2.45, 2.75) is 25.4 Å². The maximum atomic E-state index is 6.04. The van der Waals surface area contributed by atoms with Crippen LogP contribution in [0.2, 0.25) is 5.02 Å². The van der Waals surface area contributed by atoms with E-state index in [1.165, 1.54) is 0 Å². The number of hydrogen-bond acceptors (Lipinski definition) is 6. The summed E-state index contributed by atoms with van der Waals surface area (Å²) >= 11 is 6.04. The van der Waals surface area contributed by atoms with E-state index in [-0.39, 0.29) is 6.04 Å². The van der Waals surface area contributed by atoms with Gasteiger partial charge in [-0.2, -0.15) is 10.1 Å². The third kappa shape index (κ3) is 4.91. The number of halogens is 1. The van der Waals surface area contributed by atoms with Crippen molar-refractivity contribution in [2.75, 3.05) is 25.0 Å². The minimum atomic E-state index is 0.287. The third-order valence-corrected chi connectivity index (χ3v) is 5.24. The molecule has 10 heteroatoms. The van der Waals surface area contributed by atoms with Crippen LogP contribution in [0, 0.1) is 0 Å². The van der Waals surface area contributed by atoms with E-state index >= 15 is 0 Å². The molecule has 30 heavy (non-hydrogen) atoms. The van der Waals surface area contributed by atoms with Gasteiger partial charge in [0.25, 0.3) is 0 Å². The second-order valence-electron chi connectivity index (χ2n) is 7.25. The number of nitrogens with one attached hydrogen (secondary N) is 2. The Hall–Kier alpha value is -3.07. The number of piperidine rings is 1. The van der Waals surface area contributed by atoms with Gasteiger partial charge in [-0.3, -0.25) is 9.67 Å². The standard InChI is InChI=1S/C20H25ClN8O/c1-22-20(25-16-7-4-8-29(12-16)17-10-24-28(2)13-17)23-11-18-26-19(27-30-18)14-5-3-6-15(21)9-14/h3,5-6,9-10,13,16H,4,7-8,11-12H2,1-2H3,(H2,22,23,25). The topological polar surface area (TPSA) is 96.4 Å². The fourth-order valence-electron chi connectivity index (χ4n) is 3.52. The van der Waals surface area contributed by atoms with Gasteiger partial charge >= 0.3 is 0 Å². The Bertz CT molecular complexity index is 1010. The van der Waals surface area contributed by atoms with Crippen LogP contribution in [0.4, 0.5) is 5.69 Å². The molecule has 9 nitrogen and oxygen atoms in total. The fourth-order valence-corrected chi connectivity index (χ4v) is 3.71. The van der Waals surface area contributed by atoms with Crippen LogP contribution in [0.5, 0.6) is 0 Å². The van der Waals surface area contributed by atoms with Gasteiger partial charge in [-0.05, 0) is 25.0 Å². The van der Waals surface area contributed by atoms with Crippen LogP contribution in [0.25, 0.3) is 11.4 Å². The van der Waals surface area contributed by atoms with Crippen LogP contribution in [0.1, 0.15) is 18.7 Å². The Morgan fingerprint density at radius 1 is 1.40 bits per heavy atom. The molecule has 1 atom stereocenters. The summed E-state index contributed by atoms with van der Waals surface area (Å²) in [6.07, 6.45) is 6.14. The quantitative estimate of drug-likeness (QED) is 0.476. The van der Waals surface area contributed by atoms with Crippen LogP contribution in [0.15, 0.2) is 46.2 Å². The first kappa shape index (κ1) is 20.2. The average Bonchev–Trinajstić information content (AvgIpc) is 3.40. The molecule has 158 valence electrons. The normalized spacial score (nSPS) is 17.2. The molecular weight excluding hydrogens is 404 g/mol. The summed E-state index contributed by atoms with van der Waals surface area (Å²) in [5, 5.41) is 15.7. The molecule has 4 rings (SSSR count). The van der Waals surface area contributed by atoms with Gasteiger partial charge in [0, 0.05) is 50.0 Å². The Morgan fingerprint density at radius 3 is 3.07 bits per heavy atom. The van der Waals surface area contributed by atoms with Crippen LogP contribution in [0.3, 0.4) is 0 Å².